The zero-order valence-corrected chi connectivity index (χ0v) is 12.2. The van der Waals surface area contributed by atoms with Crippen molar-refractivity contribution in [3.63, 3.8) is 0 Å². The summed E-state index contributed by atoms with van der Waals surface area (Å²) in [5, 5.41) is 6.65. The van der Waals surface area contributed by atoms with E-state index in [2.05, 4.69) is 5.10 Å². The molecule has 1 heterocycles. The van der Waals surface area contributed by atoms with Crippen LogP contribution in [-0.2, 0) is 6.18 Å². The number of benzene rings is 2. The highest BCUT2D eigenvalue weighted by Gasteiger charge is 2.31. The summed E-state index contributed by atoms with van der Waals surface area (Å²) in [5.74, 6) is 0. The fourth-order valence-corrected chi connectivity index (χ4v) is 2.46. The maximum absolute atomic E-state index is 12.8. The topological polar surface area (TPSA) is 15.6 Å². The molecule has 0 saturated heterocycles. The first-order valence-electron chi connectivity index (χ1n) is 6.72. The Bertz CT molecular complexity index is 708. The molecule has 1 aliphatic rings. The highest BCUT2D eigenvalue weighted by atomic mass is 35.5. The lowest BCUT2D eigenvalue weighted by atomic mass is 10.1. The number of alkyl halides is 3. The van der Waals surface area contributed by atoms with E-state index in [0.717, 1.165) is 23.4 Å². The Balaban J connectivity index is 1.87. The number of halogens is 4. The molecule has 0 atom stereocenters. The number of hydrogen-bond donors (Lipinski definition) is 0. The Labute approximate surface area is 130 Å². The van der Waals surface area contributed by atoms with Gasteiger partial charge < -0.3 is 0 Å². The maximum atomic E-state index is 12.8. The lowest BCUT2D eigenvalue weighted by molar-refractivity contribution is -0.137. The van der Waals surface area contributed by atoms with Crippen LogP contribution in [0.5, 0.6) is 0 Å². The molecule has 6 heteroatoms. The van der Waals surface area contributed by atoms with E-state index in [1.54, 1.807) is 23.2 Å². The normalized spacial score (nSPS) is 15.1. The van der Waals surface area contributed by atoms with Crippen molar-refractivity contribution in [3.05, 3.63) is 64.7 Å². The van der Waals surface area contributed by atoms with Gasteiger partial charge in [0.1, 0.15) is 0 Å². The van der Waals surface area contributed by atoms with E-state index in [9.17, 15) is 13.2 Å². The second kappa shape index (κ2) is 5.65. The van der Waals surface area contributed by atoms with Crippen molar-refractivity contribution < 1.29 is 13.2 Å². The zero-order chi connectivity index (χ0) is 15.7. The fraction of sp³-hybridized carbons (Fsp3) is 0.188. The first-order valence-corrected chi connectivity index (χ1v) is 7.09. The van der Waals surface area contributed by atoms with Crippen LogP contribution in [-0.4, -0.2) is 12.3 Å². The van der Waals surface area contributed by atoms with Crippen LogP contribution in [0.15, 0.2) is 53.6 Å². The van der Waals surface area contributed by atoms with Crippen LogP contribution in [0.2, 0.25) is 5.02 Å². The zero-order valence-electron chi connectivity index (χ0n) is 11.4. The quantitative estimate of drug-likeness (QED) is 0.761. The van der Waals surface area contributed by atoms with Gasteiger partial charge in [-0.15, -0.1) is 0 Å². The average molecular weight is 325 g/mol. The first-order chi connectivity index (χ1) is 10.4. The standard InChI is InChI=1S/C16H12ClF3N2/c17-13-6-4-11(5-7-13)15-8-9-22(21-15)14-3-1-2-12(10-14)16(18,19)20/h1-7,10H,8-9H2. The van der Waals surface area contributed by atoms with Crippen molar-refractivity contribution in [1.29, 1.82) is 0 Å². The van der Waals surface area contributed by atoms with Gasteiger partial charge in [-0.3, -0.25) is 5.01 Å². The SMILES string of the molecule is FC(F)(F)c1cccc(N2CCC(c3ccc(Cl)cc3)=N2)c1. The Morgan fingerprint density at radius 3 is 2.45 bits per heavy atom. The molecule has 2 aromatic rings. The smallest absolute Gasteiger partial charge is 0.265 e. The Morgan fingerprint density at radius 2 is 1.77 bits per heavy atom. The lowest BCUT2D eigenvalue weighted by Crippen LogP contribution is -2.13. The molecule has 2 aromatic carbocycles. The molecule has 0 fully saturated rings. The molecule has 0 aromatic heterocycles. The summed E-state index contributed by atoms with van der Waals surface area (Å²) < 4.78 is 38.3. The van der Waals surface area contributed by atoms with E-state index in [4.69, 9.17) is 11.6 Å². The molecule has 114 valence electrons. The van der Waals surface area contributed by atoms with Gasteiger partial charge >= 0.3 is 6.18 Å². The van der Waals surface area contributed by atoms with E-state index in [-0.39, 0.29) is 0 Å². The summed E-state index contributed by atoms with van der Waals surface area (Å²) in [4.78, 5) is 0. The average Bonchev–Trinajstić information content (AvgIpc) is 2.97. The second-order valence-corrected chi connectivity index (χ2v) is 5.41. The Hall–Kier alpha value is -2.01. The number of hydrazone groups is 1. The first kappa shape index (κ1) is 14.9. The maximum Gasteiger partial charge on any atom is 0.416 e. The van der Waals surface area contributed by atoms with Crippen molar-refractivity contribution in [2.75, 3.05) is 11.6 Å². The summed E-state index contributed by atoms with van der Waals surface area (Å²) in [6.07, 6.45) is -3.67. The molecular formula is C16H12ClF3N2. The molecule has 1 aliphatic heterocycles. The molecule has 0 aliphatic carbocycles. The van der Waals surface area contributed by atoms with Gasteiger partial charge in [-0.05, 0) is 35.9 Å². The molecule has 22 heavy (non-hydrogen) atoms. The van der Waals surface area contributed by atoms with E-state index < -0.39 is 11.7 Å². The summed E-state index contributed by atoms with van der Waals surface area (Å²) >= 11 is 5.85. The predicted molar refractivity (Wildman–Crippen MR) is 81.4 cm³/mol. The Kier molecular flexibility index (Phi) is 3.83. The monoisotopic (exact) mass is 324 g/mol. The molecule has 2 nitrogen and oxygen atoms in total. The van der Waals surface area contributed by atoms with Gasteiger partial charge in [-0.25, -0.2) is 0 Å². The molecule has 0 amide bonds. The molecule has 0 N–H and O–H groups in total. The summed E-state index contributed by atoms with van der Waals surface area (Å²) in [7, 11) is 0. The third kappa shape index (κ3) is 3.09. The number of anilines is 1. The highest BCUT2D eigenvalue weighted by molar-refractivity contribution is 6.30. The molecule has 3 rings (SSSR count). The van der Waals surface area contributed by atoms with E-state index in [1.807, 2.05) is 12.1 Å². The fourth-order valence-electron chi connectivity index (χ4n) is 2.33. The summed E-state index contributed by atoms with van der Waals surface area (Å²) in [5.41, 5.74) is 1.55. The molecule has 0 spiro atoms. The molecule has 0 unspecified atom stereocenters. The second-order valence-electron chi connectivity index (χ2n) is 4.97. The van der Waals surface area contributed by atoms with Crippen molar-refractivity contribution >= 4 is 23.0 Å². The van der Waals surface area contributed by atoms with Crippen LogP contribution in [0, 0.1) is 0 Å². The van der Waals surface area contributed by atoms with E-state index >= 15 is 0 Å². The van der Waals surface area contributed by atoms with Crippen LogP contribution in [0.4, 0.5) is 18.9 Å². The van der Waals surface area contributed by atoms with Crippen LogP contribution >= 0.6 is 11.6 Å². The molecular weight excluding hydrogens is 313 g/mol. The van der Waals surface area contributed by atoms with Gasteiger partial charge in [-0.1, -0.05) is 29.8 Å². The summed E-state index contributed by atoms with van der Waals surface area (Å²) in [6, 6.07) is 12.5. The van der Waals surface area contributed by atoms with Crippen LogP contribution in [0.25, 0.3) is 0 Å². The van der Waals surface area contributed by atoms with Crippen molar-refractivity contribution in [2.24, 2.45) is 5.10 Å². The van der Waals surface area contributed by atoms with Crippen LogP contribution < -0.4 is 5.01 Å². The third-order valence-corrected chi connectivity index (χ3v) is 3.70. The summed E-state index contributed by atoms with van der Waals surface area (Å²) in [6.45, 7) is 0.555. The Morgan fingerprint density at radius 1 is 1.05 bits per heavy atom. The number of nitrogens with zero attached hydrogens (tertiary/aromatic N) is 2. The lowest BCUT2D eigenvalue weighted by Gasteiger charge is -2.15. The number of rotatable bonds is 2. The van der Waals surface area contributed by atoms with Crippen LogP contribution in [0.1, 0.15) is 17.5 Å². The van der Waals surface area contributed by atoms with Gasteiger partial charge in [0, 0.05) is 18.0 Å². The highest BCUT2D eigenvalue weighted by Crippen LogP contribution is 2.32. The van der Waals surface area contributed by atoms with Gasteiger partial charge in [0.2, 0.25) is 0 Å². The minimum absolute atomic E-state index is 0.443. The van der Waals surface area contributed by atoms with Gasteiger partial charge in [0.05, 0.1) is 17.0 Å². The van der Waals surface area contributed by atoms with E-state index in [0.29, 0.717) is 23.7 Å². The molecule has 0 radical (unpaired) electrons. The van der Waals surface area contributed by atoms with Gasteiger partial charge in [0.15, 0.2) is 0 Å². The number of hydrogen-bond acceptors (Lipinski definition) is 2. The largest absolute Gasteiger partial charge is 0.416 e. The van der Waals surface area contributed by atoms with Gasteiger partial charge in [-0.2, -0.15) is 18.3 Å². The predicted octanol–water partition coefficient (Wildman–Crippen LogP) is 4.97. The molecule has 0 saturated carbocycles. The minimum Gasteiger partial charge on any atom is -0.265 e. The van der Waals surface area contributed by atoms with Crippen molar-refractivity contribution in [3.8, 4) is 0 Å². The third-order valence-electron chi connectivity index (χ3n) is 3.45. The van der Waals surface area contributed by atoms with Gasteiger partial charge in [0.25, 0.3) is 0 Å². The molecule has 0 bridgehead atoms. The minimum atomic E-state index is -4.35. The van der Waals surface area contributed by atoms with E-state index in [1.165, 1.54) is 6.07 Å². The van der Waals surface area contributed by atoms with Crippen LogP contribution in [0.3, 0.4) is 0 Å². The van der Waals surface area contributed by atoms with Crippen molar-refractivity contribution in [1.82, 2.24) is 0 Å². The van der Waals surface area contributed by atoms with Crippen molar-refractivity contribution in [2.45, 2.75) is 12.6 Å².